The fourth-order valence-electron chi connectivity index (χ4n) is 1.61. The highest BCUT2D eigenvalue weighted by molar-refractivity contribution is 7.89. The minimum atomic E-state index is -3.62. The van der Waals surface area contributed by atoms with Crippen LogP contribution < -0.4 is 0 Å². The number of hydrogen-bond acceptors (Lipinski definition) is 3. The van der Waals surface area contributed by atoms with E-state index in [9.17, 15) is 8.42 Å². The molecule has 7 heteroatoms. The van der Waals surface area contributed by atoms with Crippen LogP contribution in [0.5, 0.6) is 0 Å². The highest BCUT2D eigenvalue weighted by Gasteiger charge is 2.25. The molecule has 0 N–H and O–H groups in total. The largest absolute Gasteiger partial charge is 0.383 e. The maximum Gasteiger partial charge on any atom is 0.244 e. The Morgan fingerprint density at radius 1 is 1.37 bits per heavy atom. The molecule has 108 valence electrons. The summed E-state index contributed by atoms with van der Waals surface area (Å²) < 4.78 is 31.3. The number of likely N-dealkylation sites (N-methyl/N-ethyl adjacent to an activating group) is 1. The van der Waals surface area contributed by atoms with Crippen molar-refractivity contribution in [3.63, 3.8) is 0 Å². The van der Waals surface area contributed by atoms with Crippen molar-refractivity contribution in [1.29, 1.82) is 0 Å². The van der Waals surface area contributed by atoms with Crippen molar-refractivity contribution in [1.82, 2.24) is 4.31 Å². The van der Waals surface area contributed by atoms with Crippen LogP contribution in [-0.4, -0.2) is 39.5 Å². The zero-order valence-corrected chi connectivity index (χ0v) is 13.2. The first kappa shape index (κ1) is 16.7. The number of methoxy groups -OCH3 is 1. The Balaban J connectivity index is 3.17. The minimum absolute atomic E-state index is 0.0882. The van der Waals surface area contributed by atoms with Crippen molar-refractivity contribution < 1.29 is 13.2 Å². The van der Waals surface area contributed by atoms with E-state index in [1.165, 1.54) is 17.5 Å². The number of benzene rings is 1. The minimum Gasteiger partial charge on any atom is -0.383 e. The average Bonchev–Trinajstić information content (AvgIpc) is 2.39. The number of ether oxygens (including phenoxy) is 1. The second-order valence-corrected chi connectivity index (χ2v) is 6.47. The smallest absolute Gasteiger partial charge is 0.244 e. The number of sulfonamides is 1. The molecular formula is C12H17Cl2NO3S. The number of nitrogens with zero attached hydrogens (tertiary/aromatic N) is 1. The van der Waals surface area contributed by atoms with Gasteiger partial charge >= 0.3 is 0 Å². The van der Waals surface area contributed by atoms with Gasteiger partial charge in [0.2, 0.25) is 10.0 Å². The molecule has 0 bridgehead atoms. The Morgan fingerprint density at radius 3 is 2.58 bits per heavy atom. The monoisotopic (exact) mass is 325 g/mol. The zero-order chi connectivity index (χ0) is 14.5. The number of alkyl halides is 1. The van der Waals surface area contributed by atoms with Crippen LogP contribution in [0.4, 0.5) is 0 Å². The summed E-state index contributed by atoms with van der Waals surface area (Å²) in [5, 5.41) is 0.199. The third-order valence-corrected chi connectivity index (χ3v) is 5.43. The van der Waals surface area contributed by atoms with Gasteiger partial charge in [-0.2, -0.15) is 4.31 Å². The summed E-state index contributed by atoms with van der Waals surface area (Å²) in [6.45, 7) is 2.75. The van der Waals surface area contributed by atoms with Crippen LogP contribution in [0.25, 0.3) is 0 Å². The van der Waals surface area contributed by atoms with E-state index in [4.69, 9.17) is 27.9 Å². The molecule has 0 saturated carbocycles. The molecule has 0 aliphatic heterocycles. The van der Waals surface area contributed by atoms with Gasteiger partial charge in [0.1, 0.15) is 4.90 Å². The van der Waals surface area contributed by atoms with Gasteiger partial charge in [0.25, 0.3) is 0 Å². The molecule has 0 spiro atoms. The number of halogens is 2. The summed E-state index contributed by atoms with van der Waals surface area (Å²) >= 11 is 11.7. The van der Waals surface area contributed by atoms with Crippen molar-refractivity contribution in [3.8, 4) is 0 Å². The highest BCUT2D eigenvalue weighted by Crippen LogP contribution is 2.26. The molecule has 0 aliphatic rings. The van der Waals surface area contributed by atoms with E-state index in [-0.39, 0.29) is 22.3 Å². The van der Waals surface area contributed by atoms with E-state index in [0.29, 0.717) is 18.7 Å². The van der Waals surface area contributed by atoms with Crippen molar-refractivity contribution >= 4 is 33.2 Å². The van der Waals surface area contributed by atoms with E-state index in [1.807, 2.05) is 0 Å². The first-order valence-electron chi connectivity index (χ1n) is 5.80. The van der Waals surface area contributed by atoms with Gasteiger partial charge in [-0.15, -0.1) is 11.6 Å². The van der Waals surface area contributed by atoms with Crippen LogP contribution in [0.2, 0.25) is 5.02 Å². The van der Waals surface area contributed by atoms with E-state index in [2.05, 4.69) is 0 Å². The molecule has 0 fully saturated rings. The second-order valence-electron chi connectivity index (χ2n) is 3.89. The summed E-state index contributed by atoms with van der Waals surface area (Å²) in [5.74, 6) is 0.240. The molecule has 1 rings (SSSR count). The predicted octanol–water partition coefficient (Wildman–Crippen LogP) is 2.74. The van der Waals surface area contributed by atoms with Crippen LogP contribution in [0.3, 0.4) is 0 Å². The normalized spacial score (nSPS) is 12.1. The summed E-state index contributed by atoms with van der Waals surface area (Å²) in [7, 11) is -2.09. The van der Waals surface area contributed by atoms with Crippen LogP contribution in [-0.2, 0) is 20.6 Å². The SMILES string of the molecule is CCN(CCOC)S(=O)(=O)c1cc(CCl)ccc1Cl. The summed E-state index contributed by atoms with van der Waals surface area (Å²) in [6, 6.07) is 4.77. The summed E-state index contributed by atoms with van der Waals surface area (Å²) in [4.78, 5) is 0.0882. The highest BCUT2D eigenvalue weighted by atomic mass is 35.5. The summed E-state index contributed by atoms with van der Waals surface area (Å²) in [5.41, 5.74) is 0.715. The number of hydrogen-bond donors (Lipinski definition) is 0. The van der Waals surface area contributed by atoms with E-state index >= 15 is 0 Å². The molecule has 19 heavy (non-hydrogen) atoms. The van der Waals surface area contributed by atoms with Gasteiger partial charge in [0.15, 0.2) is 0 Å². The Hall–Kier alpha value is -0.330. The van der Waals surface area contributed by atoms with Crippen LogP contribution in [0.1, 0.15) is 12.5 Å². The van der Waals surface area contributed by atoms with Gasteiger partial charge in [-0.25, -0.2) is 8.42 Å². The molecule has 4 nitrogen and oxygen atoms in total. The standard InChI is InChI=1S/C12H17Cl2NO3S/c1-3-15(6-7-18-2)19(16,17)12-8-10(9-13)4-5-11(12)14/h4-5,8H,3,6-7,9H2,1-2H3. The lowest BCUT2D eigenvalue weighted by Crippen LogP contribution is -2.34. The molecule has 0 radical (unpaired) electrons. The topological polar surface area (TPSA) is 46.6 Å². The molecular weight excluding hydrogens is 309 g/mol. The van der Waals surface area contributed by atoms with Crippen molar-refractivity contribution in [2.24, 2.45) is 0 Å². The maximum atomic E-state index is 12.5. The Kier molecular flexibility index (Phi) is 6.56. The van der Waals surface area contributed by atoms with Crippen LogP contribution in [0, 0.1) is 0 Å². The lowest BCUT2D eigenvalue weighted by molar-refractivity contribution is 0.180. The zero-order valence-electron chi connectivity index (χ0n) is 10.9. The Morgan fingerprint density at radius 2 is 2.05 bits per heavy atom. The van der Waals surface area contributed by atoms with Gasteiger partial charge in [-0.3, -0.25) is 0 Å². The lowest BCUT2D eigenvalue weighted by Gasteiger charge is -2.21. The summed E-state index contributed by atoms with van der Waals surface area (Å²) in [6.07, 6.45) is 0. The third kappa shape index (κ3) is 4.07. The van der Waals surface area contributed by atoms with E-state index in [1.54, 1.807) is 19.1 Å². The van der Waals surface area contributed by atoms with Gasteiger partial charge < -0.3 is 4.74 Å². The van der Waals surface area contributed by atoms with E-state index in [0.717, 1.165) is 0 Å². The molecule has 0 saturated heterocycles. The lowest BCUT2D eigenvalue weighted by atomic mass is 10.2. The van der Waals surface area contributed by atoms with Crippen molar-refractivity contribution in [3.05, 3.63) is 28.8 Å². The van der Waals surface area contributed by atoms with Crippen molar-refractivity contribution in [2.45, 2.75) is 17.7 Å². The maximum absolute atomic E-state index is 12.5. The van der Waals surface area contributed by atoms with Crippen molar-refractivity contribution in [2.75, 3.05) is 26.8 Å². The second kappa shape index (κ2) is 7.45. The van der Waals surface area contributed by atoms with Crippen LogP contribution >= 0.6 is 23.2 Å². The Bertz CT molecular complexity index is 520. The van der Waals surface area contributed by atoms with Gasteiger partial charge in [-0.05, 0) is 17.7 Å². The van der Waals surface area contributed by atoms with Gasteiger partial charge in [-0.1, -0.05) is 24.6 Å². The van der Waals surface area contributed by atoms with Gasteiger partial charge in [0, 0.05) is 26.1 Å². The number of rotatable bonds is 7. The molecule has 0 amide bonds. The quantitative estimate of drug-likeness (QED) is 0.724. The Labute approximate surface area is 124 Å². The fourth-order valence-corrected chi connectivity index (χ4v) is 3.73. The molecule has 1 aromatic rings. The fraction of sp³-hybridized carbons (Fsp3) is 0.500. The molecule has 1 aromatic carbocycles. The predicted molar refractivity (Wildman–Crippen MR) is 77.3 cm³/mol. The first-order valence-corrected chi connectivity index (χ1v) is 8.16. The first-order chi connectivity index (χ1) is 8.97. The van der Waals surface area contributed by atoms with Gasteiger partial charge in [0.05, 0.1) is 11.6 Å². The van der Waals surface area contributed by atoms with E-state index < -0.39 is 10.0 Å². The molecule has 0 aromatic heterocycles. The molecule has 0 atom stereocenters. The molecule has 0 heterocycles. The molecule has 0 unspecified atom stereocenters. The average molecular weight is 326 g/mol. The van der Waals surface area contributed by atoms with Crippen LogP contribution in [0.15, 0.2) is 23.1 Å². The molecule has 0 aliphatic carbocycles. The third-order valence-electron chi connectivity index (χ3n) is 2.67.